The number of anilines is 1. The van der Waals surface area contributed by atoms with Gasteiger partial charge in [-0.05, 0) is 25.0 Å². The molecule has 0 spiro atoms. The lowest BCUT2D eigenvalue weighted by molar-refractivity contribution is -0.385. The fourth-order valence-electron chi connectivity index (χ4n) is 2.39. The van der Waals surface area contributed by atoms with Crippen molar-refractivity contribution < 1.29 is 19.2 Å². The largest absolute Gasteiger partial charge is 0.490 e. The molecule has 1 heterocycles. The first-order valence-corrected chi connectivity index (χ1v) is 8.76. The van der Waals surface area contributed by atoms with Crippen molar-refractivity contribution in [3.63, 3.8) is 0 Å². The summed E-state index contributed by atoms with van der Waals surface area (Å²) >= 11 is 0. The zero-order valence-electron chi connectivity index (χ0n) is 16.2. The van der Waals surface area contributed by atoms with Gasteiger partial charge in [0.1, 0.15) is 0 Å². The monoisotopic (exact) mass is 389 g/mol. The third-order valence-electron chi connectivity index (χ3n) is 3.86. The number of methoxy groups -OCH3 is 1. The molecule has 2 rings (SSSR count). The van der Waals surface area contributed by atoms with Crippen LogP contribution in [0.2, 0.25) is 0 Å². The maximum absolute atomic E-state index is 12.6. The second kappa shape index (κ2) is 8.98. The molecule has 2 aromatic rings. The van der Waals surface area contributed by atoms with Crippen LogP contribution in [0, 0.1) is 16.0 Å². The molecule has 0 aliphatic carbocycles. The lowest BCUT2D eigenvalue weighted by Gasteiger charge is -2.08. The number of aromatic nitrogens is 2. The molecule has 0 atom stereocenters. The van der Waals surface area contributed by atoms with Crippen LogP contribution < -0.4 is 15.4 Å². The molecule has 150 valence electrons. The van der Waals surface area contributed by atoms with E-state index in [0.717, 1.165) is 6.07 Å². The fraction of sp³-hybridized carbons (Fsp3) is 0.389. The average molecular weight is 389 g/mol. The van der Waals surface area contributed by atoms with Crippen LogP contribution in [0.15, 0.2) is 24.4 Å². The van der Waals surface area contributed by atoms with E-state index in [-0.39, 0.29) is 34.3 Å². The van der Waals surface area contributed by atoms with Crippen molar-refractivity contribution in [3.8, 4) is 5.75 Å². The molecule has 10 heteroatoms. The van der Waals surface area contributed by atoms with Gasteiger partial charge in [0.25, 0.3) is 11.8 Å². The van der Waals surface area contributed by atoms with E-state index < -0.39 is 16.7 Å². The number of amides is 2. The Labute approximate surface area is 162 Å². The molecule has 0 saturated carbocycles. The van der Waals surface area contributed by atoms with Gasteiger partial charge in [-0.3, -0.25) is 24.4 Å². The van der Waals surface area contributed by atoms with E-state index in [1.807, 2.05) is 20.8 Å². The quantitative estimate of drug-likeness (QED) is 0.527. The van der Waals surface area contributed by atoms with Crippen molar-refractivity contribution in [2.24, 2.45) is 5.92 Å². The topological polar surface area (TPSA) is 128 Å². The van der Waals surface area contributed by atoms with Crippen LogP contribution >= 0.6 is 0 Å². The van der Waals surface area contributed by atoms with E-state index in [1.54, 1.807) is 6.20 Å². The molecule has 1 aromatic heterocycles. The smallest absolute Gasteiger partial charge is 0.311 e. The summed E-state index contributed by atoms with van der Waals surface area (Å²) < 4.78 is 6.46. The zero-order chi connectivity index (χ0) is 20.8. The van der Waals surface area contributed by atoms with Gasteiger partial charge < -0.3 is 15.4 Å². The van der Waals surface area contributed by atoms with Gasteiger partial charge in [-0.1, -0.05) is 13.8 Å². The van der Waals surface area contributed by atoms with E-state index >= 15 is 0 Å². The van der Waals surface area contributed by atoms with E-state index in [1.165, 1.54) is 23.9 Å². The van der Waals surface area contributed by atoms with Gasteiger partial charge in [-0.15, -0.1) is 0 Å². The summed E-state index contributed by atoms with van der Waals surface area (Å²) in [5.41, 5.74) is 0.0463. The number of nitro groups is 1. The summed E-state index contributed by atoms with van der Waals surface area (Å²) in [4.78, 5) is 35.5. The van der Waals surface area contributed by atoms with Crippen LogP contribution in [0.3, 0.4) is 0 Å². The van der Waals surface area contributed by atoms with E-state index in [9.17, 15) is 19.7 Å². The second-order valence-electron chi connectivity index (χ2n) is 6.45. The van der Waals surface area contributed by atoms with Crippen LogP contribution in [0.5, 0.6) is 5.75 Å². The van der Waals surface area contributed by atoms with Crippen molar-refractivity contribution in [2.45, 2.75) is 27.3 Å². The third-order valence-corrected chi connectivity index (χ3v) is 3.86. The SMILES string of the molecule is CCn1cc(NC(=O)c2ccc(OC)c([N+](=O)[O-])c2)c(C(=O)NCC(C)C)n1. The molecule has 0 aliphatic rings. The highest BCUT2D eigenvalue weighted by atomic mass is 16.6. The van der Waals surface area contributed by atoms with Gasteiger partial charge in [0.15, 0.2) is 11.4 Å². The Balaban J connectivity index is 2.28. The average Bonchev–Trinajstić information content (AvgIpc) is 3.08. The lowest BCUT2D eigenvalue weighted by Crippen LogP contribution is -2.28. The van der Waals surface area contributed by atoms with Crippen molar-refractivity contribution >= 4 is 23.2 Å². The maximum atomic E-state index is 12.6. The van der Waals surface area contributed by atoms with E-state index in [4.69, 9.17) is 4.74 Å². The van der Waals surface area contributed by atoms with Crippen molar-refractivity contribution in [1.29, 1.82) is 0 Å². The summed E-state index contributed by atoms with van der Waals surface area (Å²) in [6.07, 6.45) is 1.54. The zero-order valence-corrected chi connectivity index (χ0v) is 16.2. The highest BCUT2D eigenvalue weighted by molar-refractivity contribution is 6.08. The number of nitro benzene ring substituents is 1. The minimum Gasteiger partial charge on any atom is -0.490 e. The Kier molecular flexibility index (Phi) is 6.69. The Hall–Kier alpha value is -3.43. The molecule has 0 unspecified atom stereocenters. The molecular formula is C18H23N5O5. The molecule has 0 aliphatic heterocycles. The van der Waals surface area contributed by atoms with Crippen molar-refractivity contribution in [3.05, 3.63) is 45.8 Å². The fourth-order valence-corrected chi connectivity index (χ4v) is 2.39. The van der Waals surface area contributed by atoms with Crippen LogP contribution in [-0.4, -0.2) is 40.2 Å². The molecule has 0 saturated heterocycles. The van der Waals surface area contributed by atoms with Crippen LogP contribution in [-0.2, 0) is 6.54 Å². The van der Waals surface area contributed by atoms with Gasteiger partial charge in [0.05, 0.1) is 17.7 Å². The minimum absolute atomic E-state index is 0.0501. The number of benzene rings is 1. The third kappa shape index (κ3) is 4.84. The number of hydrogen-bond donors (Lipinski definition) is 2. The number of nitrogens with zero attached hydrogens (tertiary/aromatic N) is 3. The Bertz CT molecular complexity index is 890. The first-order chi connectivity index (χ1) is 13.3. The molecular weight excluding hydrogens is 366 g/mol. The van der Waals surface area contributed by atoms with Gasteiger partial charge >= 0.3 is 5.69 Å². The van der Waals surface area contributed by atoms with Crippen molar-refractivity contribution in [1.82, 2.24) is 15.1 Å². The van der Waals surface area contributed by atoms with E-state index in [2.05, 4.69) is 15.7 Å². The number of rotatable bonds is 8. The molecule has 10 nitrogen and oxygen atoms in total. The molecule has 0 fully saturated rings. The van der Waals surface area contributed by atoms with Crippen molar-refractivity contribution in [2.75, 3.05) is 19.0 Å². The van der Waals surface area contributed by atoms with Gasteiger partial charge in [-0.2, -0.15) is 5.10 Å². The molecule has 0 radical (unpaired) electrons. The Morgan fingerprint density at radius 1 is 1.32 bits per heavy atom. The molecule has 2 amide bonds. The number of nitrogens with one attached hydrogen (secondary N) is 2. The Morgan fingerprint density at radius 2 is 2.04 bits per heavy atom. The molecule has 0 bridgehead atoms. The summed E-state index contributed by atoms with van der Waals surface area (Å²) in [5, 5.41) is 20.7. The summed E-state index contributed by atoms with van der Waals surface area (Å²) in [5.74, 6) is -0.694. The normalized spacial score (nSPS) is 10.6. The second-order valence-corrected chi connectivity index (χ2v) is 6.45. The predicted octanol–water partition coefficient (Wildman–Crippen LogP) is 2.46. The first kappa shape index (κ1) is 20.9. The van der Waals surface area contributed by atoms with Crippen LogP contribution in [0.1, 0.15) is 41.6 Å². The number of ether oxygens (including phenoxy) is 1. The number of aryl methyl sites for hydroxylation is 1. The molecule has 28 heavy (non-hydrogen) atoms. The maximum Gasteiger partial charge on any atom is 0.311 e. The van der Waals surface area contributed by atoms with E-state index in [0.29, 0.717) is 13.1 Å². The summed E-state index contributed by atoms with van der Waals surface area (Å²) in [6.45, 7) is 6.75. The highest BCUT2D eigenvalue weighted by Crippen LogP contribution is 2.28. The number of hydrogen-bond acceptors (Lipinski definition) is 6. The number of carbonyl (C=O) groups is 2. The Morgan fingerprint density at radius 3 is 2.61 bits per heavy atom. The lowest BCUT2D eigenvalue weighted by atomic mass is 10.1. The predicted molar refractivity (Wildman–Crippen MR) is 103 cm³/mol. The van der Waals surface area contributed by atoms with Crippen LogP contribution in [0.25, 0.3) is 0 Å². The van der Waals surface area contributed by atoms with Gasteiger partial charge in [0, 0.05) is 30.9 Å². The standard InChI is InChI=1S/C18H23N5O5/c1-5-22-10-13(16(21-22)18(25)19-9-11(2)3)20-17(24)12-6-7-15(28-4)14(8-12)23(26)27/h6-8,10-11H,5,9H2,1-4H3,(H,19,25)(H,20,24). The molecule has 1 aromatic carbocycles. The summed E-state index contributed by atoms with van der Waals surface area (Å²) in [6, 6.07) is 3.87. The highest BCUT2D eigenvalue weighted by Gasteiger charge is 2.22. The van der Waals surface area contributed by atoms with Gasteiger partial charge in [-0.25, -0.2) is 0 Å². The molecule has 2 N–H and O–H groups in total. The summed E-state index contributed by atoms with van der Waals surface area (Å²) in [7, 11) is 1.31. The van der Waals surface area contributed by atoms with Crippen LogP contribution in [0.4, 0.5) is 11.4 Å². The minimum atomic E-state index is -0.629. The number of carbonyl (C=O) groups excluding carboxylic acids is 2. The van der Waals surface area contributed by atoms with Gasteiger partial charge in [0.2, 0.25) is 0 Å². The first-order valence-electron chi connectivity index (χ1n) is 8.76.